The van der Waals surface area contributed by atoms with Crippen LogP contribution < -0.4 is 14.5 Å². The third-order valence-corrected chi connectivity index (χ3v) is 14.1. The molecule has 13 nitrogen and oxygen atoms in total. The third kappa shape index (κ3) is 12.6. The van der Waals surface area contributed by atoms with E-state index in [1.807, 2.05) is 25.1 Å². The van der Waals surface area contributed by atoms with E-state index in [1.54, 1.807) is 43.0 Å². The standard InChI is InChI=1S/C26H33N3O4S.C26H31N3O3S/c1-26(2)16-21-22(17-27)25(28-24(23(21)18-33-26)29-8-10-31-11-9-29)34-14-7-19-5-4-6-20(15-19)32-13-12-30-3;1-5-7-19-18(16-31-23(19)6-2)8-13-33-25-21(15-27)20-14-26(3,4)32-17-22(20)24(28-25)29-9-11-30-12-10-29/h4-6,15H,7-14,16,18H2,1-3H3;5-7,16H,2,8-14,17H2,1,3-4H3/b;7-5-. The molecule has 15 heteroatoms. The van der Waals surface area contributed by atoms with E-state index in [9.17, 15) is 10.5 Å². The molecule has 356 valence electrons. The van der Waals surface area contributed by atoms with Crippen molar-refractivity contribution in [1.29, 1.82) is 10.5 Å². The number of aromatic nitrogens is 2. The molecule has 0 aliphatic carbocycles. The van der Waals surface area contributed by atoms with Gasteiger partial charge in [0.25, 0.3) is 0 Å². The van der Waals surface area contributed by atoms with Gasteiger partial charge in [-0.15, -0.1) is 23.5 Å². The first-order valence-electron chi connectivity index (χ1n) is 23.1. The number of allylic oxidation sites excluding steroid dienone is 1. The highest BCUT2D eigenvalue weighted by atomic mass is 32.2. The first-order valence-corrected chi connectivity index (χ1v) is 25.1. The third-order valence-electron chi connectivity index (χ3n) is 12.1. The maximum atomic E-state index is 10.1. The summed E-state index contributed by atoms with van der Waals surface area (Å²) in [7, 11) is 1.67. The van der Waals surface area contributed by atoms with Gasteiger partial charge in [-0.05, 0) is 87.9 Å². The molecule has 4 aliphatic heterocycles. The highest BCUT2D eigenvalue weighted by Gasteiger charge is 2.35. The largest absolute Gasteiger partial charge is 0.491 e. The fourth-order valence-electron chi connectivity index (χ4n) is 8.65. The molecule has 0 radical (unpaired) electrons. The summed E-state index contributed by atoms with van der Waals surface area (Å²) in [6, 6.07) is 13.1. The van der Waals surface area contributed by atoms with Crippen LogP contribution in [0.4, 0.5) is 11.6 Å². The number of methoxy groups -OCH3 is 1. The van der Waals surface area contributed by atoms with Crippen LogP contribution in [-0.4, -0.2) is 106 Å². The minimum absolute atomic E-state index is 0.298. The van der Waals surface area contributed by atoms with Gasteiger partial charge in [-0.3, -0.25) is 0 Å². The van der Waals surface area contributed by atoms with Crippen LogP contribution in [0.2, 0.25) is 0 Å². The average molecular weight is 949 g/mol. The minimum atomic E-state index is -0.302. The van der Waals surface area contributed by atoms with Gasteiger partial charge >= 0.3 is 0 Å². The molecule has 2 fully saturated rings. The van der Waals surface area contributed by atoms with Crippen LogP contribution in [0.25, 0.3) is 12.2 Å². The maximum Gasteiger partial charge on any atom is 0.135 e. The van der Waals surface area contributed by atoms with Crippen LogP contribution in [0, 0.1) is 22.7 Å². The molecule has 0 saturated carbocycles. The van der Waals surface area contributed by atoms with Crippen LogP contribution in [0.1, 0.15) is 90.4 Å². The lowest BCUT2D eigenvalue weighted by Crippen LogP contribution is -2.39. The van der Waals surface area contributed by atoms with Crippen LogP contribution in [-0.2, 0) is 62.6 Å². The first kappa shape index (κ1) is 50.0. The molecule has 0 spiro atoms. The van der Waals surface area contributed by atoms with Crippen molar-refractivity contribution in [1.82, 2.24) is 9.97 Å². The number of benzene rings is 1. The number of furan rings is 1. The number of pyridine rings is 2. The van der Waals surface area contributed by atoms with Gasteiger partial charge in [0, 0.05) is 74.3 Å². The molecule has 7 heterocycles. The molecule has 0 N–H and O–H groups in total. The molecule has 4 aliphatic rings. The van der Waals surface area contributed by atoms with Gasteiger partial charge in [-0.2, -0.15) is 10.5 Å². The van der Waals surface area contributed by atoms with E-state index in [2.05, 4.69) is 74.4 Å². The van der Waals surface area contributed by atoms with Crippen LogP contribution in [0.5, 0.6) is 5.75 Å². The van der Waals surface area contributed by atoms with E-state index in [-0.39, 0.29) is 11.2 Å². The van der Waals surface area contributed by atoms with E-state index in [0.29, 0.717) is 76.8 Å². The Balaban J connectivity index is 0.000000199. The van der Waals surface area contributed by atoms with Crippen molar-refractivity contribution in [2.24, 2.45) is 0 Å². The monoisotopic (exact) mass is 948 g/mol. The fraction of sp³-hybridized carbons (Fsp3) is 0.500. The second kappa shape index (κ2) is 23.4. The number of aryl methyl sites for hydroxylation is 2. The molecule has 8 rings (SSSR count). The van der Waals surface area contributed by atoms with Gasteiger partial charge < -0.3 is 42.6 Å². The Bertz CT molecular complexity index is 2460. The quantitative estimate of drug-likeness (QED) is 0.0776. The normalized spacial score (nSPS) is 17.4. The number of rotatable bonds is 16. The zero-order valence-electron chi connectivity index (χ0n) is 39.9. The van der Waals surface area contributed by atoms with Gasteiger partial charge in [0.05, 0.1) is 74.8 Å². The molecule has 1 aromatic carbocycles. The molecule has 3 aromatic heterocycles. The first-order chi connectivity index (χ1) is 32.5. The predicted molar refractivity (Wildman–Crippen MR) is 265 cm³/mol. The van der Waals surface area contributed by atoms with Crippen LogP contribution in [0.15, 0.2) is 57.7 Å². The summed E-state index contributed by atoms with van der Waals surface area (Å²) in [5.74, 6) is 5.14. The molecule has 2 saturated heterocycles. The lowest BCUT2D eigenvalue weighted by Gasteiger charge is -2.37. The van der Waals surface area contributed by atoms with Gasteiger partial charge in [0.15, 0.2) is 0 Å². The number of nitriles is 2. The smallest absolute Gasteiger partial charge is 0.135 e. The number of morpholine rings is 2. The van der Waals surface area contributed by atoms with Crippen LogP contribution in [0.3, 0.4) is 0 Å². The van der Waals surface area contributed by atoms with E-state index >= 15 is 0 Å². The summed E-state index contributed by atoms with van der Waals surface area (Å²) in [5, 5.41) is 21.8. The van der Waals surface area contributed by atoms with Gasteiger partial charge in [-0.1, -0.05) is 30.9 Å². The molecular formula is C52H64N6O7S2. The summed E-state index contributed by atoms with van der Waals surface area (Å²) >= 11 is 3.29. The number of anilines is 2. The van der Waals surface area contributed by atoms with Gasteiger partial charge in [0.1, 0.15) is 51.9 Å². The Labute approximate surface area is 404 Å². The Hall–Kier alpha value is -4.84. The lowest BCUT2D eigenvalue weighted by atomic mass is 9.89. The molecule has 0 bridgehead atoms. The highest BCUT2D eigenvalue weighted by molar-refractivity contribution is 7.99. The van der Waals surface area contributed by atoms with Crippen molar-refractivity contribution in [2.45, 2.75) is 94.8 Å². The fourth-order valence-corrected chi connectivity index (χ4v) is 10.6. The predicted octanol–water partition coefficient (Wildman–Crippen LogP) is 9.25. The van der Waals surface area contributed by atoms with E-state index in [4.69, 9.17) is 42.8 Å². The number of fused-ring (bicyclic) bond motifs is 2. The Morgan fingerprint density at radius 2 is 1.34 bits per heavy atom. The summed E-state index contributed by atoms with van der Waals surface area (Å²) in [6.45, 7) is 22.2. The van der Waals surface area contributed by atoms with Crippen molar-refractivity contribution in [3.63, 3.8) is 0 Å². The number of hydrogen-bond donors (Lipinski definition) is 0. The lowest BCUT2D eigenvalue weighted by molar-refractivity contribution is -0.0405. The zero-order chi connectivity index (χ0) is 47.4. The minimum Gasteiger partial charge on any atom is -0.491 e. The Morgan fingerprint density at radius 1 is 0.791 bits per heavy atom. The molecule has 67 heavy (non-hydrogen) atoms. The van der Waals surface area contributed by atoms with E-state index in [0.717, 1.165) is 117 Å². The topological polar surface area (TPSA) is 148 Å². The second-order valence-electron chi connectivity index (χ2n) is 17.9. The van der Waals surface area contributed by atoms with Crippen LogP contribution >= 0.6 is 23.5 Å². The molecule has 4 aromatic rings. The number of thioether (sulfide) groups is 2. The summed E-state index contributed by atoms with van der Waals surface area (Å²) in [4.78, 5) is 14.6. The van der Waals surface area contributed by atoms with Gasteiger partial charge in [-0.25, -0.2) is 9.97 Å². The molecule has 0 atom stereocenters. The van der Waals surface area contributed by atoms with Gasteiger partial charge in [0.2, 0.25) is 0 Å². The Kier molecular flexibility index (Phi) is 17.5. The second-order valence-corrected chi connectivity index (χ2v) is 20.1. The van der Waals surface area contributed by atoms with E-state index < -0.39 is 0 Å². The van der Waals surface area contributed by atoms with Crippen molar-refractivity contribution in [3.8, 4) is 17.9 Å². The Morgan fingerprint density at radius 3 is 1.85 bits per heavy atom. The van der Waals surface area contributed by atoms with Crippen molar-refractivity contribution in [2.75, 3.05) is 94.2 Å². The number of ether oxygens (including phenoxy) is 6. The average Bonchev–Trinajstić information content (AvgIpc) is 3.72. The van der Waals surface area contributed by atoms with Crippen molar-refractivity contribution >= 4 is 47.3 Å². The number of nitrogens with zero attached hydrogens (tertiary/aromatic N) is 6. The summed E-state index contributed by atoms with van der Waals surface area (Å²) in [5.41, 5.74) is 8.47. The zero-order valence-corrected chi connectivity index (χ0v) is 41.5. The summed E-state index contributed by atoms with van der Waals surface area (Å²) in [6.07, 6.45) is 10.7. The molecule has 0 amide bonds. The SMILES string of the molecule is C=Cc1occ(CCSc2nc(N3CCOCC3)c3c(c2C#N)CC(C)(C)OC3)c1/C=C\C.COCCOc1cccc(CCSc2nc(N3CCOCC3)c3c(c2C#N)CC(C)(C)OC3)c1. The molecular weight excluding hydrogens is 885 g/mol. The van der Waals surface area contributed by atoms with Crippen molar-refractivity contribution < 1.29 is 32.8 Å². The van der Waals surface area contributed by atoms with Crippen molar-refractivity contribution in [3.05, 3.63) is 99.0 Å². The molecule has 0 unspecified atom stereocenters. The maximum absolute atomic E-state index is 10.1. The van der Waals surface area contributed by atoms with E-state index in [1.165, 1.54) is 5.56 Å². The summed E-state index contributed by atoms with van der Waals surface area (Å²) < 4.78 is 39.8. The highest BCUT2D eigenvalue weighted by Crippen LogP contribution is 2.41. The number of hydrogen-bond acceptors (Lipinski definition) is 15.